The first-order valence-corrected chi connectivity index (χ1v) is 5.84. The molecule has 0 unspecified atom stereocenters. The SMILES string of the molecule is CN1CCN(Cc2ccc(CC(=O)O)o2)CC1. The standard InChI is InChI=1S/C12H18N2O3/c1-13-4-6-14(7-5-13)9-11-3-2-10(17-11)8-12(15)16/h2-3H,4-9H2,1H3,(H,15,16). The Morgan fingerprint density at radius 1 is 1.29 bits per heavy atom. The van der Waals surface area contributed by atoms with E-state index in [9.17, 15) is 4.79 Å². The summed E-state index contributed by atoms with van der Waals surface area (Å²) in [4.78, 5) is 15.2. The Balaban J connectivity index is 1.86. The molecule has 1 saturated heterocycles. The normalized spacial score (nSPS) is 18.4. The lowest BCUT2D eigenvalue weighted by molar-refractivity contribution is -0.136. The molecule has 0 aromatic carbocycles. The fraction of sp³-hybridized carbons (Fsp3) is 0.583. The average molecular weight is 238 g/mol. The second-order valence-electron chi connectivity index (χ2n) is 4.52. The summed E-state index contributed by atoms with van der Waals surface area (Å²) in [7, 11) is 2.12. The number of carboxylic acids is 1. The highest BCUT2D eigenvalue weighted by atomic mass is 16.4. The first-order chi connectivity index (χ1) is 8.13. The van der Waals surface area contributed by atoms with Crippen molar-refractivity contribution in [1.29, 1.82) is 0 Å². The molecule has 5 nitrogen and oxygen atoms in total. The largest absolute Gasteiger partial charge is 0.481 e. The number of aliphatic carboxylic acids is 1. The lowest BCUT2D eigenvalue weighted by Crippen LogP contribution is -2.43. The Morgan fingerprint density at radius 3 is 2.59 bits per heavy atom. The predicted molar refractivity (Wildman–Crippen MR) is 62.8 cm³/mol. The number of carboxylic acid groups (broad SMARTS) is 1. The van der Waals surface area contributed by atoms with E-state index in [0.717, 1.165) is 38.5 Å². The van der Waals surface area contributed by atoms with Crippen molar-refractivity contribution < 1.29 is 14.3 Å². The zero-order valence-electron chi connectivity index (χ0n) is 10.1. The molecule has 0 radical (unpaired) electrons. The Hall–Kier alpha value is -1.33. The van der Waals surface area contributed by atoms with E-state index in [4.69, 9.17) is 9.52 Å². The van der Waals surface area contributed by atoms with Crippen molar-refractivity contribution in [2.75, 3.05) is 33.2 Å². The van der Waals surface area contributed by atoms with Gasteiger partial charge < -0.3 is 14.4 Å². The number of nitrogens with zero attached hydrogens (tertiary/aromatic N) is 2. The van der Waals surface area contributed by atoms with Crippen LogP contribution in [0.4, 0.5) is 0 Å². The van der Waals surface area contributed by atoms with Gasteiger partial charge in [0.05, 0.1) is 6.54 Å². The molecule has 1 aromatic heterocycles. The summed E-state index contributed by atoms with van der Waals surface area (Å²) in [6, 6.07) is 3.62. The van der Waals surface area contributed by atoms with E-state index in [2.05, 4.69) is 16.8 Å². The van der Waals surface area contributed by atoms with E-state index in [1.807, 2.05) is 6.07 Å². The number of hydrogen-bond acceptors (Lipinski definition) is 4. The molecule has 94 valence electrons. The number of hydrogen-bond donors (Lipinski definition) is 1. The molecule has 0 bridgehead atoms. The molecule has 1 aliphatic heterocycles. The molecule has 1 aliphatic rings. The van der Waals surface area contributed by atoms with E-state index in [0.29, 0.717) is 5.76 Å². The lowest BCUT2D eigenvalue weighted by atomic mass is 10.3. The van der Waals surface area contributed by atoms with Gasteiger partial charge in [-0.1, -0.05) is 0 Å². The minimum Gasteiger partial charge on any atom is -0.481 e. The highest BCUT2D eigenvalue weighted by Gasteiger charge is 2.15. The minimum absolute atomic E-state index is 0.0390. The topological polar surface area (TPSA) is 56.9 Å². The van der Waals surface area contributed by atoms with E-state index in [-0.39, 0.29) is 6.42 Å². The third-order valence-corrected chi connectivity index (χ3v) is 3.02. The monoisotopic (exact) mass is 238 g/mol. The molecule has 0 amide bonds. The van der Waals surface area contributed by atoms with E-state index in [1.54, 1.807) is 6.07 Å². The maximum atomic E-state index is 10.5. The summed E-state index contributed by atoms with van der Waals surface area (Å²) in [5, 5.41) is 8.65. The smallest absolute Gasteiger partial charge is 0.311 e. The van der Waals surface area contributed by atoms with Gasteiger partial charge >= 0.3 is 5.97 Å². The lowest BCUT2D eigenvalue weighted by Gasteiger charge is -2.31. The van der Waals surface area contributed by atoms with Crippen LogP contribution in [-0.2, 0) is 17.8 Å². The zero-order chi connectivity index (χ0) is 12.3. The van der Waals surface area contributed by atoms with E-state index in [1.165, 1.54) is 0 Å². The average Bonchev–Trinajstić information content (AvgIpc) is 2.68. The molecule has 1 aromatic rings. The van der Waals surface area contributed by atoms with Crippen LogP contribution in [0.2, 0.25) is 0 Å². The molecule has 0 spiro atoms. The molecule has 2 rings (SSSR count). The van der Waals surface area contributed by atoms with Crippen molar-refractivity contribution in [2.45, 2.75) is 13.0 Å². The highest BCUT2D eigenvalue weighted by molar-refractivity contribution is 5.69. The minimum atomic E-state index is -0.856. The van der Waals surface area contributed by atoms with Crippen LogP contribution < -0.4 is 0 Å². The second-order valence-corrected chi connectivity index (χ2v) is 4.52. The molecular weight excluding hydrogens is 220 g/mol. The second kappa shape index (κ2) is 5.33. The zero-order valence-corrected chi connectivity index (χ0v) is 10.1. The van der Waals surface area contributed by atoms with Crippen molar-refractivity contribution >= 4 is 5.97 Å². The van der Waals surface area contributed by atoms with Gasteiger partial charge in [0.1, 0.15) is 17.9 Å². The summed E-state index contributed by atoms with van der Waals surface area (Å²) < 4.78 is 5.49. The summed E-state index contributed by atoms with van der Waals surface area (Å²) in [6.07, 6.45) is -0.0390. The number of piperazine rings is 1. The first-order valence-electron chi connectivity index (χ1n) is 5.84. The number of furan rings is 1. The molecule has 0 aliphatic carbocycles. The van der Waals surface area contributed by atoms with Gasteiger partial charge in [-0.05, 0) is 19.2 Å². The number of likely N-dealkylation sites (N-methyl/N-ethyl adjacent to an activating group) is 1. The van der Waals surface area contributed by atoms with Gasteiger partial charge in [-0.2, -0.15) is 0 Å². The van der Waals surface area contributed by atoms with Crippen molar-refractivity contribution in [3.8, 4) is 0 Å². The molecule has 2 heterocycles. The van der Waals surface area contributed by atoms with Crippen LogP contribution in [0.1, 0.15) is 11.5 Å². The van der Waals surface area contributed by atoms with Gasteiger partial charge in [0.15, 0.2) is 0 Å². The van der Waals surface area contributed by atoms with Gasteiger partial charge in [0.2, 0.25) is 0 Å². The molecule has 0 atom stereocenters. The summed E-state index contributed by atoms with van der Waals surface area (Å²) in [5.41, 5.74) is 0. The van der Waals surface area contributed by atoms with Crippen LogP contribution in [-0.4, -0.2) is 54.1 Å². The van der Waals surface area contributed by atoms with Gasteiger partial charge in [-0.3, -0.25) is 9.69 Å². The Bertz CT molecular complexity index is 381. The van der Waals surface area contributed by atoms with Crippen LogP contribution in [0.25, 0.3) is 0 Å². The van der Waals surface area contributed by atoms with Gasteiger partial charge in [0, 0.05) is 26.2 Å². The summed E-state index contributed by atoms with van der Waals surface area (Å²) >= 11 is 0. The fourth-order valence-corrected chi connectivity index (χ4v) is 1.98. The highest BCUT2D eigenvalue weighted by Crippen LogP contribution is 2.12. The van der Waals surface area contributed by atoms with E-state index < -0.39 is 5.97 Å². The van der Waals surface area contributed by atoms with Crippen molar-refractivity contribution in [1.82, 2.24) is 9.80 Å². The molecule has 0 saturated carbocycles. The van der Waals surface area contributed by atoms with Crippen molar-refractivity contribution in [3.05, 3.63) is 23.7 Å². The van der Waals surface area contributed by atoms with Crippen LogP contribution in [0.3, 0.4) is 0 Å². The Kier molecular flexibility index (Phi) is 3.81. The van der Waals surface area contributed by atoms with E-state index >= 15 is 0 Å². The van der Waals surface area contributed by atoms with Crippen LogP contribution in [0, 0.1) is 0 Å². The van der Waals surface area contributed by atoms with Crippen LogP contribution in [0.5, 0.6) is 0 Å². The molecule has 5 heteroatoms. The third-order valence-electron chi connectivity index (χ3n) is 3.02. The summed E-state index contributed by atoms with van der Waals surface area (Å²) in [5.74, 6) is 0.526. The molecule has 1 N–H and O–H groups in total. The Labute approximate surface area is 101 Å². The third kappa shape index (κ3) is 3.57. The van der Waals surface area contributed by atoms with Crippen molar-refractivity contribution in [2.24, 2.45) is 0 Å². The molecule has 17 heavy (non-hydrogen) atoms. The fourth-order valence-electron chi connectivity index (χ4n) is 1.98. The number of carbonyl (C=O) groups is 1. The van der Waals surface area contributed by atoms with Gasteiger partial charge in [-0.25, -0.2) is 0 Å². The maximum absolute atomic E-state index is 10.5. The predicted octanol–water partition coefficient (Wildman–Crippen LogP) is 0.654. The van der Waals surface area contributed by atoms with Crippen molar-refractivity contribution in [3.63, 3.8) is 0 Å². The maximum Gasteiger partial charge on any atom is 0.311 e. The molecule has 1 fully saturated rings. The Morgan fingerprint density at radius 2 is 1.94 bits per heavy atom. The van der Waals surface area contributed by atoms with Crippen LogP contribution >= 0.6 is 0 Å². The van der Waals surface area contributed by atoms with Gasteiger partial charge in [0.25, 0.3) is 0 Å². The summed E-state index contributed by atoms with van der Waals surface area (Å²) in [6.45, 7) is 4.98. The quantitative estimate of drug-likeness (QED) is 0.835. The van der Waals surface area contributed by atoms with Crippen LogP contribution in [0.15, 0.2) is 16.5 Å². The number of rotatable bonds is 4. The van der Waals surface area contributed by atoms with Gasteiger partial charge in [-0.15, -0.1) is 0 Å². The molecular formula is C12H18N2O3. The first kappa shape index (κ1) is 12.1.